The maximum absolute atomic E-state index is 5.88. The molecule has 0 bridgehead atoms. The maximum atomic E-state index is 5.88. The number of hydrogen-bond acceptors (Lipinski definition) is 3. The highest BCUT2D eigenvalue weighted by molar-refractivity contribution is 9.10. The molecular formula is C15H15BrN2OS. The summed E-state index contributed by atoms with van der Waals surface area (Å²) in [6, 6.07) is 13.4. The Morgan fingerprint density at radius 3 is 2.55 bits per heavy atom. The van der Waals surface area contributed by atoms with E-state index in [9.17, 15) is 0 Å². The molecule has 0 radical (unpaired) electrons. The predicted octanol–water partition coefficient (Wildman–Crippen LogP) is 3.94. The minimum Gasteiger partial charge on any atom is -0.456 e. The molecule has 0 atom stereocenters. The summed E-state index contributed by atoms with van der Waals surface area (Å²) >= 11 is 8.42. The molecule has 2 rings (SSSR count). The number of rotatable bonds is 4. The number of ether oxygens (including phenoxy) is 1. The molecule has 2 aromatic rings. The first-order chi connectivity index (χ1) is 9.47. The van der Waals surface area contributed by atoms with Crippen LogP contribution in [0.15, 0.2) is 46.9 Å². The Morgan fingerprint density at radius 1 is 1.20 bits per heavy atom. The summed E-state index contributed by atoms with van der Waals surface area (Å²) in [7, 11) is 3.98. The summed E-state index contributed by atoms with van der Waals surface area (Å²) < 4.78 is 6.69. The van der Waals surface area contributed by atoms with Gasteiger partial charge < -0.3 is 15.4 Å². The third-order valence-electron chi connectivity index (χ3n) is 2.78. The lowest BCUT2D eigenvalue weighted by Crippen LogP contribution is -2.09. The average molecular weight is 351 g/mol. The molecule has 0 aliphatic carbocycles. The molecule has 0 aliphatic rings. The number of nitrogens with two attached hydrogens (primary N) is 1. The van der Waals surface area contributed by atoms with Crippen molar-refractivity contribution in [2.24, 2.45) is 5.73 Å². The summed E-state index contributed by atoms with van der Waals surface area (Å²) in [6.45, 7) is 0. The molecular weight excluding hydrogens is 336 g/mol. The lowest BCUT2D eigenvalue weighted by atomic mass is 10.2. The first-order valence-electron chi connectivity index (χ1n) is 6.02. The van der Waals surface area contributed by atoms with Crippen molar-refractivity contribution in [2.45, 2.75) is 0 Å². The van der Waals surface area contributed by atoms with Crippen molar-refractivity contribution in [3.05, 3.63) is 52.5 Å². The van der Waals surface area contributed by atoms with Crippen LogP contribution in [0.2, 0.25) is 0 Å². The van der Waals surface area contributed by atoms with Crippen molar-refractivity contribution in [2.75, 3.05) is 19.0 Å². The van der Waals surface area contributed by atoms with E-state index in [1.807, 2.05) is 61.5 Å². The molecule has 0 aliphatic heterocycles. The van der Waals surface area contributed by atoms with E-state index in [4.69, 9.17) is 22.7 Å². The topological polar surface area (TPSA) is 38.5 Å². The minimum absolute atomic E-state index is 0.367. The molecule has 2 N–H and O–H groups in total. The standard InChI is InChI=1S/C15H15BrN2OS/c1-18(2)11-4-3-5-12(9-11)19-14-7-6-10(15(17)20)8-13(14)16/h3-9H,1-2H3,(H2,17,20). The molecule has 0 unspecified atom stereocenters. The number of nitrogens with zero attached hydrogens (tertiary/aromatic N) is 1. The van der Waals surface area contributed by atoms with Gasteiger partial charge in [0.05, 0.1) is 4.47 Å². The van der Waals surface area contributed by atoms with Crippen molar-refractivity contribution >= 4 is 38.8 Å². The van der Waals surface area contributed by atoms with Crippen molar-refractivity contribution in [3.8, 4) is 11.5 Å². The Labute approximate surface area is 132 Å². The maximum Gasteiger partial charge on any atom is 0.141 e. The van der Waals surface area contributed by atoms with Crippen LogP contribution < -0.4 is 15.4 Å². The molecule has 2 aromatic carbocycles. The van der Waals surface area contributed by atoms with Crippen LogP contribution in [0.4, 0.5) is 5.69 Å². The van der Waals surface area contributed by atoms with Crippen LogP contribution in [-0.2, 0) is 0 Å². The van der Waals surface area contributed by atoms with E-state index in [2.05, 4.69) is 15.9 Å². The van der Waals surface area contributed by atoms with Crippen LogP contribution in [0.5, 0.6) is 11.5 Å². The molecule has 0 heterocycles. The first kappa shape index (κ1) is 14.8. The second kappa shape index (κ2) is 6.24. The van der Waals surface area contributed by atoms with Gasteiger partial charge in [-0.2, -0.15) is 0 Å². The number of benzene rings is 2. The monoisotopic (exact) mass is 350 g/mol. The van der Waals surface area contributed by atoms with Crippen LogP contribution in [0.25, 0.3) is 0 Å². The number of halogens is 1. The Kier molecular flexibility index (Phi) is 4.62. The Hall–Kier alpha value is -1.59. The highest BCUT2D eigenvalue weighted by Gasteiger charge is 2.06. The van der Waals surface area contributed by atoms with Gasteiger partial charge in [-0.15, -0.1) is 0 Å². The first-order valence-corrected chi connectivity index (χ1v) is 7.22. The third-order valence-corrected chi connectivity index (χ3v) is 3.63. The zero-order valence-electron chi connectivity index (χ0n) is 11.3. The second-order valence-corrected chi connectivity index (χ2v) is 5.80. The van der Waals surface area contributed by atoms with Crippen molar-refractivity contribution < 1.29 is 4.74 Å². The lowest BCUT2D eigenvalue weighted by molar-refractivity contribution is 0.479. The molecule has 104 valence electrons. The number of thiocarbonyl (C=S) groups is 1. The van der Waals surface area contributed by atoms with Crippen LogP contribution in [-0.4, -0.2) is 19.1 Å². The molecule has 0 saturated carbocycles. The number of hydrogen-bond donors (Lipinski definition) is 1. The quantitative estimate of drug-likeness (QED) is 0.847. The summed E-state index contributed by atoms with van der Waals surface area (Å²) in [5.74, 6) is 1.50. The van der Waals surface area contributed by atoms with Gasteiger partial charge in [-0.25, -0.2) is 0 Å². The fourth-order valence-electron chi connectivity index (χ4n) is 1.69. The Bertz CT molecular complexity index is 644. The number of anilines is 1. The fourth-order valence-corrected chi connectivity index (χ4v) is 2.28. The third kappa shape index (κ3) is 3.49. The molecule has 0 aromatic heterocycles. The van der Waals surface area contributed by atoms with Crippen molar-refractivity contribution in [3.63, 3.8) is 0 Å². The summed E-state index contributed by atoms with van der Waals surface area (Å²) in [5, 5.41) is 0. The van der Waals surface area contributed by atoms with E-state index in [1.54, 1.807) is 0 Å². The van der Waals surface area contributed by atoms with Gasteiger partial charge in [-0.3, -0.25) is 0 Å². The van der Waals surface area contributed by atoms with Gasteiger partial charge in [-0.1, -0.05) is 18.3 Å². The molecule has 0 spiro atoms. The van der Waals surface area contributed by atoms with E-state index in [1.165, 1.54) is 0 Å². The molecule has 5 heteroatoms. The van der Waals surface area contributed by atoms with Crippen molar-refractivity contribution in [1.29, 1.82) is 0 Å². The Balaban J connectivity index is 2.26. The smallest absolute Gasteiger partial charge is 0.141 e. The van der Waals surface area contributed by atoms with E-state index in [-0.39, 0.29) is 0 Å². The van der Waals surface area contributed by atoms with Gasteiger partial charge in [0, 0.05) is 31.4 Å². The normalized spacial score (nSPS) is 10.2. The zero-order valence-corrected chi connectivity index (χ0v) is 13.7. The Morgan fingerprint density at radius 2 is 1.95 bits per heavy atom. The van der Waals surface area contributed by atoms with Gasteiger partial charge in [-0.05, 0) is 46.3 Å². The van der Waals surface area contributed by atoms with E-state index >= 15 is 0 Å². The average Bonchev–Trinajstić information content (AvgIpc) is 2.41. The SMILES string of the molecule is CN(C)c1cccc(Oc2ccc(C(N)=S)cc2Br)c1. The van der Waals surface area contributed by atoms with Gasteiger partial charge in [0.25, 0.3) is 0 Å². The minimum atomic E-state index is 0.367. The fraction of sp³-hybridized carbons (Fsp3) is 0.133. The molecule has 0 fully saturated rings. The van der Waals surface area contributed by atoms with Crippen LogP contribution in [0.1, 0.15) is 5.56 Å². The van der Waals surface area contributed by atoms with Gasteiger partial charge >= 0.3 is 0 Å². The largest absolute Gasteiger partial charge is 0.456 e. The molecule has 20 heavy (non-hydrogen) atoms. The molecule has 0 saturated heterocycles. The predicted molar refractivity (Wildman–Crippen MR) is 90.9 cm³/mol. The highest BCUT2D eigenvalue weighted by atomic mass is 79.9. The summed E-state index contributed by atoms with van der Waals surface area (Å²) in [4.78, 5) is 2.39. The van der Waals surface area contributed by atoms with Gasteiger partial charge in [0.15, 0.2) is 0 Å². The van der Waals surface area contributed by atoms with Crippen LogP contribution >= 0.6 is 28.1 Å². The lowest BCUT2D eigenvalue weighted by Gasteiger charge is -2.14. The van der Waals surface area contributed by atoms with Crippen molar-refractivity contribution in [1.82, 2.24) is 0 Å². The van der Waals surface area contributed by atoms with E-state index in [0.29, 0.717) is 4.99 Å². The van der Waals surface area contributed by atoms with Gasteiger partial charge in [0.1, 0.15) is 16.5 Å². The van der Waals surface area contributed by atoms with Crippen LogP contribution in [0.3, 0.4) is 0 Å². The van der Waals surface area contributed by atoms with Crippen LogP contribution in [0, 0.1) is 0 Å². The second-order valence-electron chi connectivity index (χ2n) is 4.50. The van der Waals surface area contributed by atoms with E-state index < -0.39 is 0 Å². The van der Waals surface area contributed by atoms with E-state index in [0.717, 1.165) is 27.2 Å². The zero-order chi connectivity index (χ0) is 14.7. The molecule has 0 amide bonds. The summed E-state index contributed by atoms with van der Waals surface area (Å²) in [5.41, 5.74) is 7.49. The highest BCUT2D eigenvalue weighted by Crippen LogP contribution is 2.31. The summed E-state index contributed by atoms with van der Waals surface area (Å²) in [6.07, 6.45) is 0. The molecule has 3 nitrogen and oxygen atoms in total. The van der Waals surface area contributed by atoms with Gasteiger partial charge in [0.2, 0.25) is 0 Å².